The molecule has 1 heterocycles. The normalized spacial score (nSPS) is 13.6. The third kappa shape index (κ3) is 2.70. The summed E-state index contributed by atoms with van der Waals surface area (Å²) in [5, 5.41) is 6.56. The van der Waals surface area contributed by atoms with E-state index < -0.39 is 0 Å². The van der Waals surface area contributed by atoms with E-state index in [-0.39, 0.29) is 10.8 Å². The van der Waals surface area contributed by atoms with Crippen LogP contribution in [0.4, 0.5) is 0 Å². The average molecular weight is 249 g/mol. The lowest BCUT2D eigenvalue weighted by Crippen LogP contribution is -2.10. The van der Waals surface area contributed by atoms with Gasteiger partial charge in [-0.15, -0.1) is 11.6 Å². The van der Waals surface area contributed by atoms with Crippen LogP contribution in [0.3, 0.4) is 0 Å². The first kappa shape index (κ1) is 12.2. The number of nitrogens with zero attached hydrogens (tertiary/aromatic N) is 1. The zero-order chi connectivity index (χ0) is 12.5. The highest BCUT2D eigenvalue weighted by Gasteiger charge is 2.15. The molecule has 2 rings (SSSR count). The standard InChI is InChI=1S/C14H17ClN2/c1-14(2,3)12-6-4-10(5-7-12)13(15)11-8-16-17-9-11/h4-9,13H,1-3H3,(H,16,17). The Labute approximate surface area is 107 Å². The first-order chi connectivity index (χ1) is 7.98. The Morgan fingerprint density at radius 2 is 1.76 bits per heavy atom. The molecule has 1 unspecified atom stereocenters. The molecule has 0 spiro atoms. The largest absolute Gasteiger partial charge is 0.285 e. The molecule has 1 aromatic carbocycles. The molecule has 3 heteroatoms. The molecule has 0 amide bonds. The summed E-state index contributed by atoms with van der Waals surface area (Å²) in [5.74, 6) is 0. The molecule has 1 aromatic heterocycles. The van der Waals surface area contributed by atoms with Crippen molar-refractivity contribution >= 4 is 11.6 Å². The predicted octanol–water partition coefficient (Wildman–Crippen LogP) is 4.04. The van der Waals surface area contributed by atoms with Gasteiger partial charge in [0.05, 0.1) is 11.6 Å². The number of H-pyrrole nitrogens is 1. The van der Waals surface area contributed by atoms with Gasteiger partial charge in [-0.05, 0) is 16.5 Å². The summed E-state index contributed by atoms with van der Waals surface area (Å²) in [6, 6.07) is 8.46. The van der Waals surface area contributed by atoms with E-state index in [1.807, 2.05) is 6.20 Å². The molecule has 2 aromatic rings. The molecule has 0 radical (unpaired) electrons. The highest BCUT2D eigenvalue weighted by molar-refractivity contribution is 6.22. The van der Waals surface area contributed by atoms with Crippen LogP contribution in [-0.4, -0.2) is 10.2 Å². The maximum atomic E-state index is 6.38. The van der Waals surface area contributed by atoms with Crippen LogP contribution in [-0.2, 0) is 5.41 Å². The minimum Gasteiger partial charge on any atom is -0.285 e. The number of aromatic nitrogens is 2. The number of hydrogen-bond donors (Lipinski definition) is 1. The van der Waals surface area contributed by atoms with Crippen molar-refractivity contribution in [3.8, 4) is 0 Å². The number of halogens is 1. The van der Waals surface area contributed by atoms with Gasteiger partial charge in [0.1, 0.15) is 0 Å². The van der Waals surface area contributed by atoms with Crippen molar-refractivity contribution in [3.05, 3.63) is 53.3 Å². The quantitative estimate of drug-likeness (QED) is 0.799. The van der Waals surface area contributed by atoms with Gasteiger partial charge < -0.3 is 0 Å². The van der Waals surface area contributed by atoms with Gasteiger partial charge in [-0.3, -0.25) is 5.10 Å². The fourth-order valence-corrected chi connectivity index (χ4v) is 2.01. The van der Waals surface area contributed by atoms with Crippen molar-refractivity contribution < 1.29 is 0 Å². The fourth-order valence-electron chi connectivity index (χ4n) is 1.74. The first-order valence-corrected chi connectivity index (χ1v) is 6.15. The topological polar surface area (TPSA) is 28.7 Å². The third-order valence-corrected chi connectivity index (χ3v) is 3.39. The molecule has 0 saturated heterocycles. The number of rotatable bonds is 2. The maximum absolute atomic E-state index is 6.38. The molecule has 0 fully saturated rings. The van der Waals surface area contributed by atoms with Gasteiger partial charge in [0.25, 0.3) is 0 Å². The fraction of sp³-hybridized carbons (Fsp3) is 0.357. The Balaban J connectivity index is 2.24. The molecule has 2 nitrogen and oxygen atoms in total. The Kier molecular flexibility index (Phi) is 3.25. The number of nitrogens with one attached hydrogen (secondary N) is 1. The minimum absolute atomic E-state index is 0.136. The van der Waals surface area contributed by atoms with Crippen molar-refractivity contribution in [2.75, 3.05) is 0 Å². The summed E-state index contributed by atoms with van der Waals surface area (Å²) in [6.45, 7) is 6.61. The van der Waals surface area contributed by atoms with E-state index in [1.54, 1.807) is 6.20 Å². The number of benzene rings is 1. The van der Waals surface area contributed by atoms with E-state index in [1.165, 1.54) is 5.56 Å². The predicted molar refractivity (Wildman–Crippen MR) is 71.4 cm³/mol. The summed E-state index contributed by atoms with van der Waals surface area (Å²) in [7, 11) is 0. The zero-order valence-corrected chi connectivity index (χ0v) is 11.1. The zero-order valence-electron chi connectivity index (χ0n) is 10.4. The molecule has 1 atom stereocenters. The van der Waals surface area contributed by atoms with Gasteiger partial charge in [-0.25, -0.2) is 0 Å². The summed E-state index contributed by atoms with van der Waals surface area (Å²) in [6.07, 6.45) is 3.59. The maximum Gasteiger partial charge on any atom is 0.0865 e. The van der Waals surface area contributed by atoms with Gasteiger partial charge in [0.2, 0.25) is 0 Å². The molecule has 1 N–H and O–H groups in total. The van der Waals surface area contributed by atoms with Gasteiger partial charge in [0.15, 0.2) is 0 Å². The highest BCUT2D eigenvalue weighted by atomic mass is 35.5. The first-order valence-electron chi connectivity index (χ1n) is 5.71. The van der Waals surface area contributed by atoms with Crippen molar-refractivity contribution in [1.29, 1.82) is 0 Å². The van der Waals surface area contributed by atoms with Crippen molar-refractivity contribution in [2.24, 2.45) is 0 Å². The van der Waals surface area contributed by atoms with E-state index in [0.717, 1.165) is 11.1 Å². The van der Waals surface area contributed by atoms with Gasteiger partial charge in [-0.2, -0.15) is 5.10 Å². The number of aromatic amines is 1. The monoisotopic (exact) mass is 248 g/mol. The van der Waals surface area contributed by atoms with E-state index >= 15 is 0 Å². The summed E-state index contributed by atoms with van der Waals surface area (Å²) >= 11 is 6.38. The van der Waals surface area contributed by atoms with E-state index in [9.17, 15) is 0 Å². The van der Waals surface area contributed by atoms with Crippen LogP contribution in [0.25, 0.3) is 0 Å². The highest BCUT2D eigenvalue weighted by Crippen LogP contribution is 2.30. The second kappa shape index (κ2) is 4.53. The van der Waals surface area contributed by atoms with E-state index in [2.05, 4.69) is 55.2 Å². The minimum atomic E-state index is -0.136. The number of alkyl halides is 1. The van der Waals surface area contributed by atoms with Gasteiger partial charge >= 0.3 is 0 Å². The molecule has 0 saturated carbocycles. The lowest BCUT2D eigenvalue weighted by molar-refractivity contribution is 0.590. The van der Waals surface area contributed by atoms with Crippen LogP contribution in [0.1, 0.15) is 42.8 Å². The average Bonchev–Trinajstić information content (AvgIpc) is 2.80. The molecule has 17 heavy (non-hydrogen) atoms. The van der Waals surface area contributed by atoms with Crippen LogP contribution in [0.2, 0.25) is 0 Å². The van der Waals surface area contributed by atoms with Crippen molar-refractivity contribution in [2.45, 2.75) is 31.6 Å². The Bertz CT molecular complexity index is 466. The van der Waals surface area contributed by atoms with Gasteiger partial charge in [0, 0.05) is 11.8 Å². The smallest absolute Gasteiger partial charge is 0.0865 e. The molecular formula is C14H17ClN2. The molecule has 90 valence electrons. The second-order valence-electron chi connectivity index (χ2n) is 5.27. The van der Waals surface area contributed by atoms with Crippen LogP contribution in [0.5, 0.6) is 0 Å². The molecule has 0 bridgehead atoms. The number of hydrogen-bond acceptors (Lipinski definition) is 1. The van der Waals surface area contributed by atoms with Crippen LogP contribution in [0, 0.1) is 0 Å². The summed E-state index contributed by atoms with van der Waals surface area (Å²) in [5.41, 5.74) is 3.59. The summed E-state index contributed by atoms with van der Waals surface area (Å²) < 4.78 is 0. The van der Waals surface area contributed by atoms with Gasteiger partial charge in [-0.1, -0.05) is 45.0 Å². The Morgan fingerprint density at radius 3 is 2.24 bits per heavy atom. The van der Waals surface area contributed by atoms with Crippen LogP contribution >= 0.6 is 11.6 Å². The molecular weight excluding hydrogens is 232 g/mol. The lowest BCUT2D eigenvalue weighted by Gasteiger charge is -2.19. The third-order valence-electron chi connectivity index (χ3n) is 2.88. The van der Waals surface area contributed by atoms with Crippen LogP contribution in [0.15, 0.2) is 36.7 Å². The van der Waals surface area contributed by atoms with E-state index in [4.69, 9.17) is 11.6 Å². The molecule has 0 aliphatic heterocycles. The molecule has 0 aliphatic carbocycles. The van der Waals surface area contributed by atoms with Crippen molar-refractivity contribution in [1.82, 2.24) is 10.2 Å². The lowest BCUT2D eigenvalue weighted by atomic mass is 9.86. The van der Waals surface area contributed by atoms with Crippen molar-refractivity contribution in [3.63, 3.8) is 0 Å². The Hall–Kier alpha value is -1.28. The summed E-state index contributed by atoms with van der Waals surface area (Å²) in [4.78, 5) is 0. The van der Waals surface area contributed by atoms with Crippen LogP contribution < -0.4 is 0 Å². The molecule has 0 aliphatic rings. The Morgan fingerprint density at radius 1 is 1.12 bits per heavy atom. The van der Waals surface area contributed by atoms with E-state index in [0.29, 0.717) is 0 Å². The second-order valence-corrected chi connectivity index (χ2v) is 5.70. The SMILES string of the molecule is CC(C)(C)c1ccc(C(Cl)c2cn[nH]c2)cc1.